The Kier molecular flexibility index (Phi) is 3.70. The summed E-state index contributed by atoms with van der Waals surface area (Å²) in [5, 5.41) is 10.5. The Hall–Kier alpha value is -1.10. The Bertz CT molecular complexity index is 200. The van der Waals surface area contributed by atoms with Crippen LogP contribution >= 0.6 is 0 Å². The molecule has 0 saturated carbocycles. The van der Waals surface area contributed by atoms with Crippen LogP contribution in [0.1, 0.15) is 19.3 Å². The third-order valence-corrected chi connectivity index (χ3v) is 2.05. The van der Waals surface area contributed by atoms with Crippen molar-refractivity contribution >= 4 is 11.8 Å². The van der Waals surface area contributed by atoms with E-state index in [4.69, 9.17) is 5.11 Å². The molecule has 5 heteroatoms. The van der Waals surface area contributed by atoms with Crippen LogP contribution in [-0.2, 0) is 9.59 Å². The first-order valence-electron chi connectivity index (χ1n) is 4.39. The molecule has 2 N–H and O–H groups in total. The molecule has 1 aliphatic rings. The van der Waals surface area contributed by atoms with E-state index in [1.807, 2.05) is 0 Å². The van der Waals surface area contributed by atoms with E-state index in [9.17, 15) is 9.59 Å². The van der Waals surface area contributed by atoms with Gasteiger partial charge in [0.05, 0.1) is 0 Å². The molecular weight excluding hydrogens is 172 g/mol. The SMILES string of the molecule is O=C(CC(=O)N1CCCC1)NCO. The molecular formula is C8H14N2O3. The summed E-state index contributed by atoms with van der Waals surface area (Å²) in [4.78, 5) is 23.9. The van der Waals surface area contributed by atoms with E-state index in [1.165, 1.54) is 0 Å². The third-order valence-electron chi connectivity index (χ3n) is 2.05. The number of nitrogens with one attached hydrogen (secondary N) is 1. The van der Waals surface area contributed by atoms with Crippen molar-refractivity contribution in [2.75, 3.05) is 19.8 Å². The Balaban J connectivity index is 2.27. The van der Waals surface area contributed by atoms with Crippen molar-refractivity contribution in [1.82, 2.24) is 10.2 Å². The Morgan fingerprint density at radius 1 is 1.31 bits per heavy atom. The summed E-state index contributed by atoms with van der Waals surface area (Å²) in [6.07, 6.45) is 1.89. The monoisotopic (exact) mass is 186 g/mol. The zero-order chi connectivity index (χ0) is 9.68. The predicted molar refractivity (Wildman–Crippen MR) is 45.7 cm³/mol. The van der Waals surface area contributed by atoms with Gasteiger partial charge >= 0.3 is 0 Å². The Labute approximate surface area is 76.7 Å². The summed E-state index contributed by atoms with van der Waals surface area (Å²) in [5.41, 5.74) is 0. The summed E-state index contributed by atoms with van der Waals surface area (Å²) < 4.78 is 0. The van der Waals surface area contributed by atoms with Crippen LogP contribution in [0.2, 0.25) is 0 Å². The molecule has 0 atom stereocenters. The lowest BCUT2D eigenvalue weighted by molar-refractivity contribution is -0.135. The summed E-state index contributed by atoms with van der Waals surface area (Å²) in [5.74, 6) is -0.567. The number of likely N-dealkylation sites (tertiary alicyclic amines) is 1. The van der Waals surface area contributed by atoms with Gasteiger partial charge in [-0.1, -0.05) is 0 Å². The quantitative estimate of drug-likeness (QED) is 0.441. The molecule has 0 aromatic carbocycles. The maximum absolute atomic E-state index is 11.3. The number of carbonyl (C=O) groups excluding carboxylic acids is 2. The van der Waals surface area contributed by atoms with Crippen LogP contribution in [0.15, 0.2) is 0 Å². The molecule has 0 spiro atoms. The number of carbonyl (C=O) groups is 2. The van der Waals surface area contributed by atoms with Gasteiger partial charge in [-0.25, -0.2) is 0 Å². The fourth-order valence-electron chi connectivity index (χ4n) is 1.37. The molecule has 0 bridgehead atoms. The van der Waals surface area contributed by atoms with Gasteiger partial charge in [-0.3, -0.25) is 9.59 Å². The van der Waals surface area contributed by atoms with Gasteiger partial charge < -0.3 is 15.3 Å². The Morgan fingerprint density at radius 3 is 2.46 bits per heavy atom. The van der Waals surface area contributed by atoms with E-state index in [2.05, 4.69) is 5.32 Å². The number of hydrogen-bond acceptors (Lipinski definition) is 3. The Morgan fingerprint density at radius 2 is 1.92 bits per heavy atom. The van der Waals surface area contributed by atoms with E-state index in [0.29, 0.717) is 0 Å². The molecule has 1 rings (SSSR count). The van der Waals surface area contributed by atoms with Gasteiger partial charge in [-0.15, -0.1) is 0 Å². The number of hydrogen-bond donors (Lipinski definition) is 2. The molecule has 13 heavy (non-hydrogen) atoms. The van der Waals surface area contributed by atoms with E-state index in [0.717, 1.165) is 25.9 Å². The largest absolute Gasteiger partial charge is 0.377 e. The van der Waals surface area contributed by atoms with E-state index in [-0.39, 0.29) is 12.3 Å². The smallest absolute Gasteiger partial charge is 0.232 e. The highest BCUT2D eigenvalue weighted by atomic mass is 16.3. The second kappa shape index (κ2) is 4.81. The van der Waals surface area contributed by atoms with Crippen molar-refractivity contribution < 1.29 is 14.7 Å². The van der Waals surface area contributed by atoms with Gasteiger partial charge in [0, 0.05) is 13.1 Å². The normalized spacial score (nSPS) is 15.9. The zero-order valence-electron chi connectivity index (χ0n) is 7.45. The van der Waals surface area contributed by atoms with Crippen LogP contribution < -0.4 is 5.32 Å². The molecule has 74 valence electrons. The summed E-state index contributed by atoms with van der Waals surface area (Å²) in [6, 6.07) is 0. The molecule has 1 saturated heterocycles. The minimum Gasteiger partial charge on any atom is -0.377 e. The minimum atomic E-state index is -0.417. The number of amides is 2. The van der Waals surface area contributed by atoms with E-state index in [1.54, 1.807) is 4.90 Å². The lowest BCUT2D eigenvalue weighted by atomic mass is 10.3. The topological polar surface area (TPSA) is 69.6 Å². The van der Waals surface area contributed by atoms with Crippen molar-refractivity contribution in [1.29, 1.82) is 0 Å². The highest BCUT2D eigenvalue weighted by molar-refractivity contribution is 5.96. The number of aliphatic hydroxyl groups excluding tert-OH is 1. The highest BCUT2D eigenvalue weighted by Gasteiger charge is 2.19. The van der Waals surface area contributed by atoms with Crippen LogP contribution in [0.5, 0.6) is 0 Å². The number of rotatable bonds is 3. The van der Waals surface area contributed by atoms with Gasteiger partial charge in [0.25, 0.3) is 0 Å². The average molecular weight is 186 g/mol. The maximum atomic E-state index is 11.3. The second-order valence-corrected chi connectivity index (χ2v) is 3.02. The van der Waals surface area contributed by atoms with Crippen LogP contribution in [0.4, 0.5) is 0 Å². The molecule has 1 heterocycles. The molecule has 1 fully saturated rings. The van der Waals surface area contributed by atoms with Gasteiger partial charge in [-0.05, 0) is 12.8 Å². The fourth-order valence-corrected chi connectivity index (χ4v) is 1.37. The average Bonchev–Trinajstić information content (AvgIpc) is 2.55. The first kappa shape index (κ1) is 9.98. The standard InChI is InChI=1S/C8H14N2O3/c11-6-9-7(12)5-8(13)10-3-1-2-4-10/h11H,1-6H2,(H,9,12). The zero-order valence-corrected chi connectivity index (χ0v) is 7.45. The van der Waals surface area contributed by atoms with E-state index >= 15 is 0 Å². The summed E-state index contributed by atoms with van der Waals surface area (Å²) in [7, 11) is 0. The van der Waals surface area contributed by atoms with E-state index < -0.39 is 12.6 Å². The third kappa shape index (κ3) is 3.02. The van der Waals surface area contributed by atoms with Gasteiger partial charge in [-0.2, -0.15) is 0 Å². The van der Waals surface area contributed by atoms with Crippen LogP contribution in [-0.4, -0.2) is 41.6 Å². The molecule has 0 aliphatic carbocycles. The molecule has 5 nitrogen and oxygen atoms in total. The molecule has 1 aliphatic heterocycles. The number of aliphatic hydroxyl groups is 1. The predicted octanol–water partition coefficient (Wildman–Crippen LogP) is -0.935. The van der Waals surface area contributed by atoms with Gasteiger partial charge in [0.2, 0.25) is 11.8 Å². The van der Waals surface area contributed by atoms with Crippen molar-refractivity contribution in [3.05, 3.63) is 0 Å². The minimum absolute atomic E-state index is 0.150. The lowest BCUT2D eigenvalue weighted by Crippen LogP contribution is -2.34. The first-order chi connectivity index (χ1) is 6.24. The van der Waals surface area contributed by atoms with Gasteiger partial charge in [0.15, 0.2) is 0 Å². The molecule has 0 aromatic heterocycles. The van der Waals surface area contributed by atoms with Crippen molar-refractivity contribution in [3.8, 4) is 0 Å². The first-order valence-corrected chi connectivity index (χ1v) is 4.39. The van der Waals surface area contributed by atoms with Crippen LogP contribution in [0.25, 0.3) is 0 Å². The summed E-state index contributed by atoms with van der Waals surface area (Å²) in [6.45, 7) is 1.10. The number of nitrogens with zero attached hydrogens (tertiary/aromatic N) is 1. The molecule has 0 unspecified atom stereocenters. The molecule has 2 amide bonds. The molecule has 0 radical (unpaired) electrons. The lowest BCUT2D eigenvalue weighted by Gasteiger charge is -2.14. The summed E-state index contributed by atoms with van der Waals surface area (Å²) >= 11 is 0. The van der Waals surface area contributed by atoms with Crippen LogP contribution in [0, 0.1) is 0 Å². The highest BCUT2D eigenvalue weighted by Crippen LogP contribution is 2.08. The van der Waals surface area contributed by atoms with Crippen molar-refractivity contribution in [2.45, 2.75) is 19.3 Å². The fraction of sp³-hybridized carbons (Fsp3) is 0.750. The van der Waals surface area contributed by atoms with Crippen LogP contribution in [0.3, 0.4) is 0 Å². The molecule has 0 aromatic rings. The van der Waals surface area contributed by atoms with Crippen molar-refractivity contribution in [3.63, 3.8) is 0 Å². The van der Waals surface area contributed by atoms with Gasteiger partial charge in [0.1, 0.15) is 13.2 Å². The maximum Gasteiger partial charge on any atom is 0.232 e. The van der Waals surface area contributed by atoms with Crippen molar-refractivity contribution in [2.24, 2.45) is 0 Å². The second-order valence-electron chi connectivity index (χ2n) is 3.02.